The molecule has 0 bridgehead atoms. The lowest BCUT2D eigenvalue weighted by Crippen LogP contribution is -2.46. The third kappa shape index (κ3) is 5.39. The summed E-state index contributed by atoms with van der Waals surface area (Å²) in [5, 5.41) is 0. The molecular formula is C23H28N2O7S. The van der Waals surface area contributed by atoms with Crippen molar-refractivity contribution in [2.75, 3.05) is 45.3 Å². The standard InChI is InChI=1S/C23H28N2O7S/c1-30-20-10-9-18(15-21(20)31-2)25(33(28,29)19-7-5-4-6-8-19)16-22(26)24-13-11-17(12-14-24)23(27)32-3/h4-10,15,17H,11-14,16H2,1-3H3. The smallest absolute Gasteiger partial charge is 0.308 e. The Balaban J connectivity index is 1.90. The number of methoxy groups -OCH3 is 3. The highest BCUT2D eigenvalue weighted by molar-refractivity contribution is 7.92. The van der Waals surface area contributed by atoms with E-state index in [4.69, 9.17) is 14.2 Å². The Labute approximate surface area is 193 Å². The van der Waals surface area contributed by atoms with Gasteiger partial charge < -0.3 is 19.1 Å². The summed E-state index contributed by atoms with van der Waals surface area (Å²) in [5.74, 6) is -0.119. The lowest BCUT2D eigenvalue weighted by Gasteiger charge is -2.33. The Morgan fingerprint density at radius 3 is 2.18 bits per heavy atom. The lowest BCUT2D eigenvalue weighted by atomic mass is 9.97. The minimum atomic E-state index is -4.05. The van der Waals surface area contributed by atoms with Gasteiger partial charge in [-0.05, 0) is 37.1 Å². The first kappa shape index (κ1) is 24.4. The van der Waals surface area contributed by atoms with Crippen molar-refractivity contribution >= 4 is 27.6 Å². The zero-order valence-electron chi connectivity index (χ0n) is 18.9. The van der Waals surface area contributed by atoms with Gasteiger partial charge in [-0.15, -0.1) is 0 Å². The predicted molar refractivity (Wildman–Crippen MR) is 122 cm³/mol. The van der Waals surface area contributed by atoms with Crippen molar-refractivity contribution in [2.45, 2.75) is 17.7 Å². The van der Waals surface area contributed by atoms with Crippen LogP contribution in [0.25, 0.3) is 0 Å². The summed E-state index contributed by atoms with van der Waals surface area (Å²) in [5.41, 5.74) is 0.272. The number of esters is 1. The maximum atomic E-state index is 13.5. The number of benzene rings is 2. The molecule has 1 heterocycles. The number of sulfonamides is 1. The highest BCUT2D eigenvalue weighted by Crippen LogP contribution is 2.34. The van der Waals surface area contributed by atoms with Gasteiger partial charge in [0.15, 0.2) is 11.5 Å². The molecule has 0 N–H and O–H groups in total. The normalized spacial score (nSPS) is 14.5. The van der Waals surface area contributed by atoms with E-state index in [-0.39, 0.29) is 28.4 Å². The van der Waals surface area contributed by atoms with Crippen molar-refractivity contribution in [3.05, 3.63) is 48.5 Å². The first-order valence-electron chi connectivity index (χ1n) is 10.5. The molecule has 33 heavy (non-hydrogen) atoms. The maximum absolute atomic E-state index is 13.5. The molecule has 9 nitrogen and oxygen atoms in total. The summed E-state index contributed by atoms with van der Waals surface area (Å²) in [7, 11) is 0.234. The van der Waals surface area contributed by atoms with E-state index in [1.54, 1.807) is 35.2 Å². The van der Waals surface area contributed by atoms with Gasteiger partial charge in [0.2, 0.25) is 5.91 Å². The first-order valence-corrected chi connectivity index (χ1v) is 11.9. The fraction of sp³-hybridized carbons (Fsp3) is 0.391. The summed E-state index contributed by atoms with van der Waals surface area (Å²) < 4.78 is 43.4. The molecular weight excluding hydrogens is 448 g/mol. The van der Waals surface area contributed by atoms with Crippen LogP contribution in [-0.4, -0.2) is 66.2 Å². The van der Waals surface area contributed by atoms with E-state index in [2.05, 4.69) is 0 Å². The number of carbonyl (C=O) groups is 2. The molecule has 3 rings (SSSR count). The van der Waals surface area contributed by atoms with Crippen molar-refractivity contribution < 1.29 is 32.2 Å². The monoisotopic (exact) mass is 476 g/mol. The van der Waals surface area contributed by atoms with Crippen LogP contribution in [0.2, 0.25) is 0 Å². The van der Waals surface area contributed by atoms with Crippen LogP contribution >= 0.6 is 0 Å². The van der Waals surface area contributed by atoms with Crippen LogP contribution in [0, 0.1) is 5.92 Å². The minimum absolute atomic E-state index is 0.0667. The van der Waals surface area contributed by atoms with Crippen molar-refractivity contribution in [1.82, 2.24) is 4.90 Å². The van der Waals surface area contributed by atoms with E-state index < -0.39 is 16.6 Å². The number of piperidine rings is 1. The van der Waals surface area contributed by atoms with Crippen LogP contribution in [0.15, 0.2) is 53.4 Å². The van der Waals surface area contributed by atoms with Crippen molar-refractivity contribution in [3.63, 3.8) is 0 Å². The summed E-state index contributed by atoms with van der Waals surface area (Å²) in [6, 6.07) is 12.6. The highest BCUT2D eigenvalue weighted by Gasteiger charge is 2.32. The van der Waals surface area contributed by atoms with Gasteiger partial charge in [0.25, 0.3) is 10.0 Å². The van der Waals surface area contributed by atoms with Gasteiger partial charge in [-0.2, -0.15) is 0 Å². The summed E-state index contributed by atoms with van der Waals surface area (Å²) in [6.07, 6.45) is 0.945. The van der Waals surface area contributed by atoms with Crippen LogP contribution in [0.3, 0.4) is 0 Å². The number of amides is 1. The zero-order valence-corrected chi connectivity index (χ0v) is 19.7. The number of anilines is 1. The van der Waals surface area contributed by atoms with Crippen LogP contribution in [0.4, 0.5) is 5.69 Å². The van der Waals surface area contributed by atoms with E-state index in [0.717, 1.165) is 4.31 Å². The molecule has 0 unspecified atom stereocenters. The Morgan fingerprint density at radius 1 is 0.970 bits per heavy atom. The van der Waals surface area contributed by atoms with Gasteiger partial charge in [0.05, 0.1) is 37.8 Å². The van der Waals surface area contributed by atoms with Gasteiger partial charge in [-0.1, -0.05) is 18.2 Å². The average molecular weight is 477 g/mol. The van der Waals surface area contributed by atoms with Crippen molar-refractivity contribution in [2.24, 2.45) is 5.92 Å². The van der Waals surface area contributed by atoms with Crippen LogP contribution in [-0.2, 0) is 24.3 Å². The predicted octanol–water partition coefficient (Wildman–Crippen LogP) is 2.31. The molecule has 1 aliphatic heterocycles. The fourth-order valence-corrected chi connectivity index (χ4v) is 5.20. The number of likely N-dealkylation sites (tertiary alicyclic amines) is 1. The van der Waals surface area contributed by atoms with Gasteiger partial charge in [-0.3, -0.25) is 13.9 Å². The molecule has 0 radical (unpaired) electrons. The van der Waals surface area contributed by atoms with Gasteiger partial charge in [0.1, 0.15) is 6.54 Å². The van der Waals surface area contributed by atoms with E-state index in [1.807, 2.05) is 0 Å². The molecule has 0 spiro atoms. The van der Waals surface area contributed by atoms with E-state index in [9.17, 15) is 18.0 Å². The summed E-state index contributed by atoms with van der Waals surface area (Å²) in [6.45, 7) is 0.309. The van der Waals surface area contributed by atoms with Crippen LogP contribution in [0.1, 0.15) is 12.8 Å². The molecule has 0 aliphatic carbocycles. The van der Waals surface area contributed by atoms with Gasteiger partial charge in [0, 0.05) is 19.2 Å². The zero-order chi connectivity index (χ0) is 24.0. The molecule has 0 saturated carbocycles. The van der Waals surface area contributed by atoms with Gasteiger partial charge >= 0.3 is 5.97 Å². The van der Waals surface area contributed by atoms with Crippen molar-refractivity contribution in [3.8, 4) is 11.5 Å². The second-order valence-electron chi connectivity index (χ2n) is 7.54. The average Bonchev–Trinajstić information content (AvgIpc) is 2.86. The number of nitrogens with zero attached hydrogens (tertiary/aromatic N) is 2. The molecule has 1 saturated heterocycles. The quantitative estimate of drug-likeness (QED) is 0.539. The molecule has 0 atom stereocenters. The number of hydrogen-bond acceptors (Lipinski definition) is 7. The Bertz CT molecular complexity index is 1080. The topological polar surface area (TPSA) is 102 Å². The number of carbonyl (C=O) groups excluding carboxylic acids is 2. The fourth-order valence-electron chi connectivity index (χ4n) is 3.77. The third-order valence-corrected chi connectivity index (χ3v) is 7.44. The highest BCUT2D eigenvalue weighted by atomic mass is 32.2. The number of hydrogen-bond donors (Lipinski definition) is 0. The molecule has 2 aromatic carbocycles. The van der Waals surface area contributed by atoms with Crippen molar-refractivity contribution in [1.29, 1.82) is 0 Å². The summed E-state index contributed by atoms with van der Waals surface area (Å²) in [4.78, 5) is 26.5. The van der Waals surface area contributed by atoms with Gasteiger partial charge in [-0.25, -0.2) is 8.42 Å². The second kappa shape index (κ2) is 10.6. The SMILES string of the molecule is COC(=O)C1CCN(C(=O)CN(c2ccc(OC)c(OC)c2)S(=O)(=O)c2ccccc2)CC1. The largest absolute Gasteiger partial charge is 0.493 e. The maximum Gasteiger partial charge on any atom is 0.308 e. The Hall–Kier alpha value is -3.27. The first-order chi connectivity index (χ1) is 15.8. The number of ether oxygens (including phenoxy) is 3. The van der Waals surface area contributed by atoms with E-state index >= 15 is 0 Å². The molecule has 0 aromatic heterocycles. The summed E-state index contributed by atoms with van der Waals surface area (Å²) >= 11 is 0. The molecule has 1 fully saturated rings. The Kier molecular flexibility index (Phi) is 7.80. The van der Waals surface area contributed by atoms with E-state index in [1.165, 1.54) is 39.5 Å². The van der Waals surface area contributed by atoms with Crippen LogP contribution < -0.4 is 13.8 Å². The molecule has 178 valence electrons. The molecule has 1 aliphatic rings. The Morgan fingerprint density at radius 2 is 1.61 bits per heavy atom. The molecule has 1 amide bonds. The second-order valence-corrected chi connectivity index (χ2v) is 9.40. The third-order valence-electron chi connectivity index (χ3n) is 5.65. The van der Waals surface area contributed by atoms with Crippen LogP contribution in [0.5, 0.6) is 11.5 Å². The molecule has 2 aromatic rings. The minimum Gasteiger partial charge on any atom is -0.493 e. The van der Waals surface area contributed by atoms with E-state index in [0.29, 0.717) is 37.4 Å². The molecule has 10 heteroatoms. The lowest BCUT2D eigenvalue weighted by molar-refractivity contribution is -0.148. The number of rotatable bonds is 8.